The maximum atomic E-state index is 14.8. The molecule has 2 aromatic heterocycles. The number of hydrogen-bond donors (Lipinski definition) is 0. The van der Waals surface area contributed by atoms with Crippen molar-refractivity contribution in [1.29, 1.82) is 0 Å². The van der Waals surface area contributed by atoms with Gasteiger partial charge < -0.3 is 18.9 Å². The second kappa shape index (κ2) is 11.5. The highest BCUT2D eigenvalue weighted by Crippen LogP contribution is 2.36. The topological polar surface area (TPSA) is 111 Å². The maximum Gasteiger partial charge on any atom is 0.344 e. The molecule has 0 atom stereocenters. The highest BCUT2D eigenvalue weighted by atomic mass is 35.5. The molecule has 3 rings (SSSR count). The number of esters is 1. The summed E-state index contributed by atoms with van der Waals surface area (Å²) in [5, 5.41) is -0.253. The van der Waals surface area contributed by atoms with Gasteiger partial charge in [0.2, 0.25) is 0 Å². The van der Waals surface area contributed by atoms with Gasteiger partial charge in [-0.25, -0.2) is 32.3 Å². The first kappa shape index (κ1) is 27.7. The van der Waals surface area contributed by atoms with Gasteiger partial charge in [0.1, 0.15) is 18.2 Å². The number of halogens is 4. The lowest BCUT2D eigenvalue weighted by atomic mass is 10.2. The molecule has 0 spiro atoms. The van der Waals surface area contributed by atoms with Gasteiger partial charge in [0, 0.05) is 39.4 Å². The Bertz CT molecular complexity index is 1420. The molecule has 0 bridgehead atoms. The van der Waals surface area contributed by atoms with Crippen LogP contribution in [-0.4, -0.2) is 47.0 Å². The Labute approximate surface area is 212 Å². The molecule has 2 heterocycles. The average Bonchev–Trinajstić information content (AvgIpc) is 2.83. The third-order valence-electron chi connectivity index (χ3n) is 4.85. The van der Waals surface area contributed by atoms with Gasteiger partial charge in [0.05, 0.1) is 23.0 Å². The minimum absolute atomic E-state index is 0.0218. The van der Waals surface area contributed by atoms with Gasteiger partial charge in [-0.3, -0.25) is 9.36 Å². The van der Waals surface area contributed by atoms with E-state index in [0.717, 1.165) is 19.2 Å². The van der Waals surface area contributed by atoms with E-state index in [1.807, 2.05) is 0 Å². The van der Waals surface area contributed by atoms with Crippen LogP contribution in [0.2, 0.25) is 5.02 Å². The molecule has 3 aromatic rings. The molecule has 0 radical (unpaired) electrons. The van der Waals surface area contributed by atoms with Crippen LogP contribution in [0.5, 0.6) is 17.4 Å². The van der Waals surface area contributed by atoms with Crippen molar-refractivity contribution in [2.45, 2.75) is 12.8 Å². The van der Waals surface area contributed by atoms with Crippen LogP contribution in [0.4, 0.5) is 13.2 Å². The fourth-order valence-electron chi connectivity index (χ4n) is 3.12. The third kappa shape index (κ3) is 6.49. The number of carbonyl (C=O) groups is 1. The Morgan fingerprint density at radius 1 is 1.16 bits per heavy atom. The monoisotopic (exact) mass is 543 g/mol. The summed E-state index contributed by atoms with van der Waals surface area (Å²) in [5.41, 5.74) is -3.84. The second-order valence-corrected chi connectivity index (χ2v) is 7.99. The summed E-state index contributed by atoms with van der Waals surface area (Å²) in [5.74, 6) is -5.70. The van der Waals surface area contributed by atoms with Crippen LogP contribution in [-0.2, 0) is 27.2 Å². The summed E-state index contributed by atoms with van der Waals surface area (Å²) in [6.07, 6.45) is 1.35. The molecule has 0 aliphatic heterocycles. The molecule has 0 saturated heterocycles. The predicted octanol–water partition coefficient (Wildman–Crippen LogP) is 3.20. The number of rotatable bonds is 10. The molecule has 0 amide bonds. The number of aromatic nitrogens is 3. The van der Waals surface area contributed by atoms with E-state index in [9.17, 15) is 27.6 Å². The summed E-state index contributed by atoms with van der Waals surface area (Å²) in [4.78, 5) is 41.0. The van der Waals surface area contributed by atoms with Crippen LogP contribution in [0.25, 0.3) is 5.69 Å². The second-order valence-electron chi connectivity index (χ2n) is 7.58. The number of methoxy groups -OCH3 is 1. The minimum atomic E-state index is -3.49. The zero-order valence-electron chi connectivity index (χ0n) is 19.8. The van der Waals surface area contributed by atoms with Gasteiger partial charge in [-0.05, 0) is 18.2 Å². The number of hydrogen-bond acceptors (Lipinski definition) is 8. The molecule has 0 N–H and O–H groups in total. The number of benzene rings is 1. The van der Waals surface area contributed by atoms with Crippen molar-refractivity contribution in [3.8, 4) is 23.1 Å². The smallest absolute Gasteiger partial charge is 0.344 e. The third-order valence-corrected chi connectivity index (χ3v) is 5.14. The van der Waals surface area contributed by atoms with Gasteiger partial charge >= 0.3 is 11.7 Å². The summed E-state index contributed by atoms with van der Waals surface area (Å²) in [6.45, 7) is 0.228. The number of nitrogens with zero attached hydrogens (tertiary/aromatic N) is 3. The lowest BCUT2D eigenvalue weighted by Gasteiger charge is -2.17. The number of carbonyl (C=O) groups excluding carboxylic acids is 1. The van der Waals surface area contributed by atoms with Crippen LogP contribution < -0.4 is 20.7 Å². The van der Waals surface area contributed by atoms with E-state index in [-0.39, 0.29) is 35.6 Å². The van der Waals surface area contributed by atoms with Crippen molar-refractivity contribution < 1.29 is 36.9 Å². The minimum Gasteiger partial charge on any atom is -0.463 e. The fraction of sp³-hybridized carbons (Fsp3) is 0.304. The van der Waals surface area contributed by atoms with Crippen molar-refractivity contribution in [3.05, 3.63) is 73.9 Å². The van der Waals surface area contributed by atoms with Crippen molar-refractivity contribution in [2.24, 2.45) is 7.05 Å². The highest BCUT2D eigenvalue weighted by molar-refractivity contribution is 6.32. The Hall–Kier alpha value is -3.84. The van der Waals surface area contributed by atoms with Gasteiger partial charge in [0.25, 0.3) is 17.4 Å². The molecule has 37 heavy (non-hydrogen) atoms. The number of alkyl halides is 2. The van der Waals surface area contributed by atoms with Crippen LogP contribution in [0, 0.1) is 5.82 Å². The summed E-state index contributed by atoms with van der Waals surface area (Å²) < 4.78 is 64.0. The van der Waals surface area contributed by atoms with E-state index in [0.29, 0.717) is 22.1 Å². The molecule has 1 aromatic carbocycles. The fourth-order valence-corrected chi connectivity index (χ4v) is 3.31. The summed E-state index contributed by atoms with van der Waals surface area (Å²) in [6, 6.07) is 5.14. The standard InChI is InChI=1S/C23H21ClF3N3O7/c1-23(26,27)18-11-19(31)30(22(33)29(18)2)15-10-17(13(24)9-14(15)25)37-16-5-4-6-28-21(16)36-12-20(32)35-8-7-34-3/h4-6,9-11H,7-8,12H2,1-3H3. The first-order chi connectivity index (χ1) is 17.4. The van der Waals surface area contributed by atoms with Crippen molar-refractivity contribution in [1.82, 2.24) is 14.1 Å². The Kier molecular flexibility index (Phi) is 8.61. The predicted molar refractivity (Wildman–Crippen MR) is 124 cm³/mol. The van der Waals surface area contributed by atoms with Crippen LogP contribution in [0.3, 0.4) is 0 Å². The molecule has 0 fully saturated rings. The van der Waals surface area contributed by atoms with Gasteiger partial charge in [-0.1, -0.05) is 11.6 Å². The normalized spacial score (nSPS) is 11.3. The number of ether oxygens (including phenoxy) is 4. The highest BCUT2D eigenvalue weighted by Gasteiger charge is 2.30. The van der Waals surface area contributed by atoms with Crippen LogP contribution in [0.1, 0.15) is 12.6 Å². The van der Waals surface area contributed by atoms with Crippen LogP contribution in [0.15, 0.2) is 46.1 Å². The van der Waals surface area contributed by atoms with Crippen molar-refractivity contribution >= 4 is 17.6 Å². The van der Waals surface area contributed by atoms with Crippen LogP contribution >= 0.6 is 11.6 Å². The van der Waals surface area contributed by atoms with Gasteiger partial charge in [-0.15, -0.1) is 0 Å². The molecule has 14 heteroatoms. The van der Waals surface area contributed by atoms with Gasteiger partial charge in [0.15, 0.2) is 12.4 Å². The zero-order chi connectivity index (χ0) is 27.3. The van der Waals surface area contributed by atoms with E-state index < -0.39 is 46.9 Å². The first-order valence-corrected chi connectivity index (χ1v) is 10.9. The maximum absolute atomic E-state index is 14.8. The molecular formula is C23H21ClF3N3O7. The molecule has 0 aliphatic carbocycles. The Morgan fingerprint density at radius 3 is 2.57 bits per heavy atom. The molecule has 10 nitrogen and oxygen atoms in total. The van der Waals surface area contributed by atoms with Crippen molar-refractivity contribution in [3.63, 3.8) is 0 Å². The van der Waals surface area contributed by atoms with Crippen molar-refractivity contribution in [2.75, 3.05) is 26.9 Å². The van der Waals surface area contributed by atoms with E-state index >= 15 is 0 Å². The molecule has 198 valence electrons. The van der Waals surface area contributed by atoms with E-state index in [1.54, 1.807) is 0 Å². The lowest BCUT2D eigenvalue weighted by molar-refractivity contribution is -0.147. The van der Waals surface area contributed by atoms with Gasteiger partial charge in [-0.2, -0.15) is 0 Å². The Morgan fingerprint density at radius 2 is 1.89 bits per heavy atom. The first-order valence-electron chi connectivity index (χ1n) is 10.5. The molecular weight excluding hydrogens is 523 g/mol. The largest absolute Gasteiger partial charge is 0.463 e. The summed E-state index contributed by atoms with van der Waals surface area (Å²) in [7, 11) is 2.47. The summed E-state index contributed by atoms with van der Waals surface area (Å²) >= 11 is 6.10. The van der Waals surface area contributed by atoms with E-state index in [2.05, 4.69) is 4.98 Å². The Balaban J connectivity index is 1.96. The van der Waals surface area contributed by atoms with E-state index in [1.165, 1.54) is 25.4 Å². The average molecular weight is 544 g/mol. The quantitative estimate of drug-likeness (QED) is 0.283. The SMILES string of the molecule is COCCOC(=O)COc1ncccc1Oc1cc(-n2c(=O)cc(C(C)(F)F)n(C)c2=O)c(F)cc1Cl. The van der Waals surface area contributed by atoms with E-state index in [4.69, 9.17) is 30.5 Å². The molecule has 0 saturated carbocycles. The molecule has 0 unspecified atom stereocenters. The zero-order valence-corrected chi connectivity index (χ0v) is 20.6. The molecule has 0 aliphatic rings. The lowest BCUT2D eigenvalue weighted by Crippen LogP contribution is -2.41. The number of pyridine rings is 1.